The molecule has 1 aromatic rings. The maximum Gasteiger partial charge on any atom is 0.130 e. The van der Waals surface area contributed by atoms with Gasteiger partial charge in [-0.2, -0.15) is 5.10 Å². The summed E-state index contributed by atoms with van der Waals surface area (Å²) in [6.45, 7) is 8.53. The first-order valence-corrected chi connectivity index (χ1v) is 6.11. The molecule has 0 saturated heterocycles. The number of nitrogens with zero attached hydrogens (tertiary/aromatic N) is 2. The average Bonchev–Trinajstić information content (AvgIpc) is 2.45. The smallest absolute Gasteiger partial charge is 0.130 e. The van der Waals surface area contributed by atoms with Gasteiger partial charge in [0.15, 0.2) is 0 Å². The van der Waals surface area contributed by atoms with E-state index in [0.29, 0.717) is 5.15 Å². The van der Waals surface area contributed by atoms with Crippen LogP contribution in [0.25, 0.3) is 0 Å². The van der Waals surface area contributed by atoms with Crippen LogP contribution in [-0.4, -0.2) is 15.8 Å². The summed E-state index contributed by atoms with van der Waals surface area (Å²) >= 11 is 6.20. The standard InChI is InChI=1S/C12H22ClN3/c1-6-12(3,4)10(14)7-9-8(2)15-16(5)11(9)13/h10H,6-7,14H2,1-5H3. The van der Waals surface area contributed by atoms with Crippen LogP contribution in [0.3, 0.4) is 0 Å². The molecule has 0 aliphatic heterocycles. The summed E-state index contributed by atoms with van der Waals surface area (Å²) in [7, 11) is 1.86. The zero-order chi connectivity index (χ0) is 12.5. The average molecular weight is 244 g/mol. The lowest BCUT2D eigenvalue weighted by atomic mass is 9.79. The predicted octanol–water partition coefficient (Wildman–Crippen LogP) is 2.69. The first-order valence-electron chi connectivity index (χ1n) is 5.73. The molecule has 1 atom stereocenters. The van der Waals surface area contributed by atoms with Crippen LogP contribution in [0, 0.1) is 12.3 Å². The first-order chi connectivity index (χ1) is 7.29. The van der Waals surface area contributed by atoms with Crippen molar-refractivity contribution in [3.63, 3.8) is 0 Å². The van der Waals surface area contributed by atoms with Crippen LogP contribution >= 0.6 is 11.6 Å². The summed E-state index contributed by atoms with van der Waals surface area (Å²) < 4.78 is 1.71. The molecule has 0 aliphatic carbocycles. The molecule has 0 aromatic carbocycles. The molecule has 3 nitrogen and oxygen atoms in total. The van der Waals surface area contributed by atoms with Crippen molar-refractivity contribution in [3.05, 3.63) is 16.4 Å². The Morgan fingerprint density at radius 2 is 2.06 bits per heavy atom. The maximum atomic E-state index is 6.25. The second kappa shape index (κ2) is 4.76. The van der Waals surface area contributed by atoms with Gasteiger partial charge in [0.2, 0.25) is 0 Å². The molecule has 0 spiro atoms. The van der Waals surface area contributed by atoms with E-state index in [0.717, 1.165) is 24.1 Å². The fourth-order valence-electron chi connectivity index (χ4n) is 1.66. The number of hydrogen-bond donors (Lipinski definition) is 1. The third kappa shape index (κ3) is 2.58. The Balaban J connectivity index is 2.89. The minimum Gasteiger partial charge on any atom is -0.327 e. The monoisotopic (exact) mass is 243 g/mol. The van der Waals surface area contributed by atoms with E-state index in [9.17, 15) is 0 Å². The summed E-state index contributed by atoms with van der Waals surface area (Å²) in [4.78, 5) is 0. The molecule has 0 fully saturated rings. The van der Waals surface area contributed by atoms with Gasteiger partial charge >= 0.3 is 0 Å². The molecule has 0 amide bonds. The summed E-state index contributed by atoms with van der Waals surface area (Å²) in [5, 5.41) is 5.01. The second-order valence-corrected chi connectivity index (χ2v) is 5.49. The largest absolute Gasteiger partial charge is 0.327 e. The SMILES string of the molecule is CCC(C)(C)C(N)Cc1c(C)nn(C)c1Cl. The highest BCUT2D eigenvalue weighted by molar-refractivity contribution is 6.30. The third-order valence-corrected chi connectivity index (χ3v) is 4.08. The molecule has 1 aromatic heterocycles. The highest BCUT2D eigenvalue weighted by Gasteiger charge is 2.26. The Morgan fingerprint density at radius 1 is 1.50 bits per heavy atom. The van der Waals surface area contributed by atoms with E-state index in [1.54, 1.807) is 4.68 Å². The van der Waals surface area contributed by atoms with E-state index in [4.69, 9.17) is 17.3 Å². The predicted molar refractivity (Wildman–Crippen MR) is 68.7 cm³/mol. The lowest BCUT2D eigenvalue weighted by Gasteiger charge is -2.30. The molecule has 16 heavy (non-hydrogen) atoms. The Bertz CT molecular complexity index is 369. The summed E-state index contributed by atoms with van der Waals surface area (Å²) in [6, 6.07) is 0.109. The number of halogens is 1. The van der Waals surface area contributed by atoms with Gasteiger partial charge in [-0.25, -0.2) is 0 Å². The van der Waals surface area contributed by atoms with Crippen LogP contribution in [0.5, 0.6) is 0 Å². The summed E-state index contributed by atoms with van der Waals surface area (Å²) in [5.41, 5.74) is 8.44. The molecule has 2 N–H and O–H groups in total. The van der Waals surface area contributed by atoms with E-state index >= 15 is 0 Å². The van der Waals surface area contributed by atoms with Crippen molar-refractivity contribution in [1.29, 1.82) is 0 Å². The van der Waals surface area contributed by atoms with Crippen LogP contribution in [0.4, 0.5) is 0 Å². The van der Waals surface area contributed by atoms with Gasteiger partial charge in [-0.1, -0.05) is 32.4 Å². The van der Waals surface area contributed by atoms with E-state index in [1.165, 1.54) is 0 Å². The molecule has 1 unspecified atom stereocenters. The molecule has 92 valence electrons. The normalized spacial score (nSPS) is 14.2. The minimum absolute atomic E-state index is 0.109. The highest BCUT2D eigenvalue weighted by atomic mass is 35.5. The lowest BCUT2D eigenvalue weighted by molar-refractivity contribution is 0.272. The Labute approximate surface area is 103 Å². The molecular weight excluding hydrogens is 222 g/mol. The molecule has 0 aliphatic rings. The quantitative estimate of drug-likeness (QED) is 0.884. The number of aryl methyl sites for hydroxylation is 2. The molecule has 0 saturated carbocycles. The van der Waals surface area contributed by atoms with Crippen LogP contribution in [0.15, 0.2) is 0 Å². The molecule has 1 rings (SSSR count). The summed E-state index contributed by atoms with van der Waals surface area (Å²) in [5.74, 6) is 0. The number of nitrogens with two attached hydrogens (primary N) is 1. The number of hydrogen-bond acceptors (Lipinski definition) is 2. The Kier molecular flexibility index (Phi) is 4.02. The van der Waals surface area contributed by atoms with Crippen molar-refractivity contribution >= 4 is 11.6 Å². The van der Waals surface area contributed by atoms with Gasteiger partial charge in [-0.3, -0.25) is 4.68 Å². The molecule has 1 heterocycles. The van der Waals surface area contributed by atoms with E-state index in [-0.39, 0.29) is 11.5 Å². The molecule has 0 radical (unpaired) electrons. The zero-order valence-electron chi connectivity index (χ0n) is 10.8. The number of aromatic nitrogens is 2. The van der Waals surface area contributed by atoms with Crippen molar-refractivity contribution in [2.75, 3.05) is 0 Å². The van der Waals surface area contributed by atoms with Crippen LogP contribution in [0.2, 0.25) is 5.15 Å². The zero-order valence-corrected chi connectivity index (χ0v) is 11.6. The third-order valence-electron chi connectivity index (χ3n) is 3.61. The van der Waals surface area contributed by atoms with Gasteiger partial charge < -0.3 is 5.73 Å². The van der Waals surface area contributed by atoms with Crippen molar-refractivity contribution in [1.82, 2.24) is 9.78 Å². The fraction of sp³-hybridized carbons (Fsp3) is 0.750. The minimum atomic E-state index is 0.109. The van der Waals surface area contributed by atoms with Crippen molar-refractivity contribution in [2.45, 2.75) is 46.6 Å². The highest BCUT2D eigenvalue weighted by Crippen LogP contribution is 2.28. The number of rotatable bonds is 4. The topological polar surface area (TPSA) is 43.8 Å². The van der Waals surface area contributed by atoms with Crippen molar-refractivity contribution in [3.8, 4) is 0 Å². The van der Waals surface area contributed by atoms with Gasteiger partial charge in [0.05, 0.1) is 5.69 Å². The van der Waals surface area contributed by atoms with Gasteiger partial charge in [-0.05, 0) is 25.2 Å². The van der Waals surface area contributed by atoms with E-state index in [1.807, 2.05) is 14.0 Å². The Hall–Kier alpha value is -0.540. The first kappa shape index (κ1) is 13.5. The van der Waals surface area contributed by atoms with Gasteiger partial charge in [-0.15, -0.1) is 0 Å². The van der Waals surface area contributed by atoms with E-state index in [2.05, 4.69) is 25.9 Å². The van der Waals surface area contributed by atoms with Crippen molar-refractivity contribution in [2.24, 2.45) is 18.2 Å². The lowest BCUT2D eigenvalue weighted by Crippen LogP contribution is -2.38. The molecule has 0 bridgehead atoms. The maximum absolute atomic E-state index is 6.25. The van der Waals surface area contributed by atoms with E-state index < -0.39 is 0 Å². The Morgan fingerprint density at radius 3 is 2.44 bits per heavy atom. The van der Waals surface area contributed by atoms with Gasteiger partial charge in [0.1, 0.15) is 5.15 Å². The van der Waals surface area contributed by atoms with Crippen LogP contribution < -0.4 is 5.73 Å². The summed E-state index contributed by atoms with van der Waals surface area (Å²) in [6.07, 6.45) is 1.85. The van der Waals surface area contributed by atoms with Crippen molar-refractivity contribution < 1.29 is 0 Å². The molecule has 4 heteroatoms. The second-order valence-electron chi connectivity index (χ2n) is 5.13. The fourth-order valence-corrected chi connectivity index (χ4v) is 1.92. The van der Waals surface area contributed by atoms with Crippen LogP contribution in [0.1, 0.15) is 38.4 Å². The van der Waals surface area contributed by atoms with Gasteiger partial charge in [0, 0.05) is 18.7 Å². The van der Waals surface area contributed by atoms with Crippen LogP contribution in [-0.2, 0) is 13.5 Å². The molecular formula is C12H22ClN3. The van der Waals surface area contributed by atoms with Gasteiger partial charge in [0.25, 0.3) is 0 Å².